The Morgan fingerprint density at radius 1 is 1.29 bits per heavy atom. The van der Waals surface area contributed by atoms with Gasteiger partial charge in [0.1, 0.15) is 5.82 Å². The standard InChI is InChI=1S/C16H26N4O/c1-20(2)14-6-10-17-15(19-14)18-13-7-11-21-16(12-13)8-4-3-5-9-16/h6,10,13H,3-5,7-9,11-12H2,1-2H3,(H,17,18,19). The maximum Gasteiger partial charge on any atom is 0.224 e. The average Bonchev–Trinajstić information content (AvgIpc) is 2.48. The molecule has 2 heterocycles. The van der Waals surface area contributed by atoms with Crippen LogP contribution in [0.4, 0.5) is 11.8 Å². The van der Waals surface area contributed by atoms with Crippen LogP contribution in [0.1, 0.15) is 44.9 Å². The molecule has 1 N–H and O–H groups in total. The first kappa shape index (κ1) is 14.6. The van der Waals surface area contributed by atoms with Gasteiger partial charge in [-0.15, -0.1) is 0 Å². The number of hydrogen-bond acceptors (Lipinski definition) is 5. The Balaban J connectivity index is 1.65. The van der Waals surface area contributed by atoms with Crippen LogP contribution in [-0.2, 0) is 4.74 Å². The number of anilines is 2. The second kappa shape index (κ2) is 6.18. The normalized spacial score (nSPS) is 24.8. The Labute approximate surface area is 127 Å². The third-order valence-corrected chi connectivity index (χ3v) is 4.69. The molecule has 0 amide bonds. The molecule has 0 bridgehead atoms. The van der Waals surface area contributed by atoms with Crippen molar-refractivity contribution in [2.24, 2.45) is 0 Å². The predicted octanol–water partition coefficient (Wildman–Crippen LogP) is 2.84. The fourth-order valence-electron chi connectivity index (χ4n) is 3.55. The van der Waals surface area contributed by atoms with E-state index >= 15 is 0 Å². The van der Waals surface area contributed by atoms with Crippen molar-refractivity contribution < 1.29 is 4.74 Å². The van der Waals surface area contributed by atoms with Gasteiger partial charge in [-0.1, -0.05) is 19.3 Å². The van der Waals surface area contributed by atoms with Gasteiger partial charge in [-0.3, -0.25) is 0 Å². The molecule has 1 atom stereocenters. The third-order valence-electron chi connectivity index (χ3n) is 4.69. The van der Waals surface area contributed by atoms with Gasteiger partial charge in [-0.2, -0.15) is 4.98 Å². The molecule has 1 aliphatic carbocycles. The van der Waals surface area contributed by atoms with Crippen molar-refractivity contribution in [2.45, 2.75) is 56.6 Å². The smallest absolute Gasteiger partial charge is 0.224 e. The monoisotopic (exact) mass is 290 g/mol. The van der Waals surface area contributed by atoms with E-state index in [1.807, 2.05) is 31.3 Å². The van der Waals surface area contributed by atoms with E-state index < -0.39 is 0 Å². The summed E-state index contributed by atoms with van der Waals surface area (Å²) >= 11 is 0. The van der Waals surface area contributed by atoms with E-state index in [-0.39, 0.29) is 5.60 Å². The summed E-state index contributed by atoms with van der Waals surface area (Å²) < 4.78 is 6.15. The number of nitrogens with one attached hydrogen (secondary N) is 1. The summed E-state index contributed by atoms with van der Waals surface area (Å²) in [6.07, 6.45) is 10.3. The molecule has 1 aliphatic heterocycles. The van der Waals surface area contributed by atoms with E-state index in [4.69, 9.17) is 4.74 Å². The first-order chi connectivity index (χ1) is 10.2. The van der Waals surface area contributed by atoms with E-state index in [0.717, 1.165) is 31.2 Å². The van der Waals surface area contributed by atoms with Crippen LogP contribution in [0.15, 0.2) is 12.3 Å². The molecule has 0 radical (unpaired) electrons. The molecule has 1 aromatic heterocycles. The Kier molecular flexibility index (Phi) is 4.29. The predicted molar refractivity (Wildman–Crippen MR) is 84.8 cm³/mol. The molecular weight excluding hydrogens is 264 g/mol. The van der Waals surface area contributed by atoms with Crippen LogP contribution < -0.4 is 10.2 Å². The lowest BCUT2D eigenvalue weighted by Crippen LogP contribution is -2.45. The lowest BCUT2D eigenvalue weighted by atomic mass is 9.78. The van der Waals surface area contributed by atoms with Crippen LogP contribution in [-0.4, -0.2) is 42.3 Å². The van der Waals surface area contributed by atoms with Crippen molar-refractivity contribution in [1.82, 2.24) is 9.97 Å². The maximum atomic E-state index is 6.15. The zero-order chi connectivity index (χ0) is 14.7. The Morgan fingerprint density at radius 2 is 2.10 bits per heavy atom. The summed E-state index contributed by atoms with van der Waals surface area (Å²) in [7, 11) is 4.00. The number of rotatable bonds is 3. The molecule has 1 saturated heterocycles. The highest BCUT2D eigenvalue weighted by atomic mass is 16.5. The van der Waals surface area contributed by atoms with Crippen molar-refractivity contribution >= 4 is 11.8 Å². The molecule has 21 heavy (non-hydrogen) atoms. The second-order valence-electron chi connectivity index (χ2n) is 6.56. The highest BCUT2D eigenvalue weighted by Gasteiger charge is 2.38. The van der Waals surface area contributed by atoms with E-state index in [2.05, 4.69) is 15.3 Å². The van der Waals surface area contributed by atoms with Crippen LogP contribution in [0, 0.1) is 0 Å². The number of nitrogens with zero attached hydrogens (tertiary/aromatic N) is 3. The lowest BCUT2D eigenvalue weighted by Gasteiger charge is -2.43. The summed E-state index contributed by atoms with van der Waals surface area (Å²) in [6, 6.07) is 2.35. The molecule has 1 aromatic rings. The quantitative estimate of drug-likeness (QED) is 0.927. The topological polar surface area (TPSA) is 50.3 Å². The highest BCUT2D eigenvalue weighted by molar-refractivity contribution is 5.41. The highest BCUT2D eigenvalue weighted by Crippen LogP contribution is 2.39. The van der Waals surface area contributed by atoms with Crippen LogP contribution in [0.2, 0.25) is 0 Å². The van der Waals surface area contributed by atoms with Crippen molar-refractivity contribution in [3.63, 3.8) is 0 Å². The Morgan fingerprint density at radius 3 is 2.86 bits per heavy atom. The second-order valence-corrected chi connectivity index (χ2v) is 6.56. The largest absolute Gasteiger partial charge is 0.375 e. The first-order valence-corrected chi connectivity index (χ1v) is 8.08. The molecule has 0 aromatic carbocycles. The Bertz CT molecular complexity index is 466. The molecule has 2 aliphatic rings. The van der Waals surface area contributed by atoms with Crippen LogP contribution >= 0.6 is 0 Å². The maximum absolute atomic E-state index is 6.15. The summed E-state index contributed by atoms with van der Waals surface area (Å²) in [5, 5.41) is 3.52. The van der Waals surface area contributed by atoms with Crippen LogP contribution in [0.25, 0.3) is 0 Å². The Hall–Kier alpha value is -1.36. The lowest BCUT2D eigenvalue weighted by molar-refractivity contribution is -0.103. The number of hydrogen-bond donors (Lipinski definition) is 1. The van der Waals surface area contributed by atoms with Crippen LogP contribution in [0.3, 0.4) is 0 Å². The van der Waals surface area contributed by atoms with Gasteiger partial charge in [0.25, 0.3) is 0 Å². The van der Waals surface area contributed by atoms with Crippen LogP contribution in [0.5, 0.6) is 0 Å². The minimum Gasteiger partial charge on any atom is -0.375 e. The fraction of sp³-hybridized carbons (Fsp3) is 0.750. The van der Waals surface area contributed by atoms with Crippen molar-refractivity contribution in [3.05, 3.63) is 12.3 Å². The average molecular weight is 290 g/mol. The summed E-state index contributed by atoms with van der Waals surface area (Å²) in [5.74, 6) is 1.67. The molecule has 1 unspecified atom stereocenters. The molecular formula is C16H26N4O. The summed E-state index contributed by atoms with van der Waals surface area (Å²) in [4.78, 5) is 10.9. The van der Waals surface area contributed by atoms with Crippen molar-refractivity contribution in [2.75, 3.05) is 30.9 Å². The molecule has 5 heteroatoms. The van der Waals surface area contributed by atoms with Gasteiger partial charge in [0.15, 0.2) is 0 Å². The SMILES string of the molecule is CN(C)c1ccnc(NC2CCOC3(CCCCC3)C2)n1. The van der Waals surface area contributed by atoms with Gasteiger partial charge in [0.2, 0.25) is 5.95 Å². The third kappa shape index (κ3) is 3.46. The van der Waals surface area contributed by atoms with Gasteiger partial charge in [-0.05, 0) is 31.7 Å². The molecule has 3 rings (SSSR count). The zero-order valence-corrected chi connectivity index (χ0v) is 13.1. The number of ether oxygens (including phenoxy) is 1. The van der Waals surface area contributed by atoms with E-state index in [0.29, 0.717) is 6.04 Å². The summed E-state index contributed by atoms with van der Waals surface area (Å²) in [5.41, 5.74) is 0.118. The van der Waals surface area contributed by atoms with Gasteiger partial charge in [-0.25, -0.2) is 4.98 Å². The van der Waals surface area contributed by atoms with Gasteiger partial charge >= 0.3 is 0 Å². The van der Waals surface area contributed by atoms with Crippen molar-refractivity contribution in [3.8, 4) is 0 Å². The number of aromatic nitrogens is 2. The molecule has 2 fully saturated rings. The minimum absolute atomic E-state index is 0.118. The first-order valence-electron chi connectivity index (χ1n) is 8.08. The minimum atomic E-state index is 0.118. The molecule has 1 spiro atoms. The fourth-order valence-corrected chi connectivity index (χ4v) is 3.55. The van der Waals surface area contributed by atoms with E-state index in [1.54, 1.807) is 0 Å². The molecule has 1 saturated carbocycles. The van der Waals surface area contributed by atoms with Gasteiger partial charge in [0, 0.05) is 32.9 Å². The van der Waals surface area contributed by atoms with E-state index in [9.17, 15) is 0 Å². The van der Waals surface area contributed by atoms with E-state index in [1.165, 1.54) is 32.1 Å². The summed E-state index contributed by atoms with van der Waals surface area (Å²) in [6.45, 7) is 0.852. The van der Waals surface area contributed by atoms with Gasteiger partial charge in [0.05, 0.1) is 5.60 Å². The molecule has 116 valence electrons. The van der Waals surface area contributed by atoms with Crippen molar-refractivity contribution in [1.29, 1.82) is 0 Å². The molecule has 5 nitrogen and oxygen atoms in total. The van der Waals surface area contributed by atoms with Gasteiger partial charge < -0.3 is 15.0 Å². The zero-order valence-electron chi connectivity index (χ0n) is 13.1.